The zero-order valence-corrected chi connectivity index (χ0v) is 18.6. The van der Waals surface area contributed by atoms with E-state index in [9.17, 15) is 4.79 Å². The number of aromatic nitrogens is 1. The topological polar surface area (TPSA) is 51.7 Å². The van der Waals surface area contributed by atoms with E-state index in [-0.39, 0.29) is 5.91 Å². The number of hydrogen-bond donors (Lipinski definition) is 0. The Bertz CT molecular complexity index is 936. The second kappa shape index (κ2) is 10.9. The number of ether oxygens (including phenoxy) is 2. The first kappa shape index (κ1) is 22.0. The predicted molar refractivity (Wildman–Crippen MR) is 120 cm³/mol. The molecule has 0 aliphatic rings. The minimum absolute atomic E-state index is 0.0107. The molecular weight excluding hydrogens is 396 g/mol. The number of hydrogen-bond acceptors (Lipinski definition) is 5. The normalized spacial score (nSPS) is 10.8. The van der Waals surface area contributed by atoms with Crippen LogP contribution in [0.1, 0.15) is 38.6 Å². The van der Waals surface area contributed by atoms with Crippen molar-refractivity contribution in [2.75, 3.05) is 20.3 Å². The molecule has 1 amide bonds. The van der Waals surface area contributed by atoms with Crippen LogP contribution in [0.5, 0.6) is 5.75 Å². The van der Waals surface area contributed by atoms with Crippen molar-refractivity contribution in [3.05, 3.63) is 81.3 Å². The van der Waals surface area contributed by atoms with Crippen LogP contribution in [0.4, 0.5) is 0 Å². The molecule has 30 heavy (non-hydrogen) atoms. The van der Waals surface area contributed by atoms with E-state index in [0.29, 0.717) is 31.9 Å². The highest BCUT2D eigenvalue weighted by atomic mass is 32.1. The molecule has 5 nitrogen and oxygen atoms in total. The highest BCUT2D eigenvalue weighted by Gasteiger charge is 2.17. The lowest BCUT2D eigenvalue weighted by Crippen LogP contribution is -2.32. The van der Waals surface area contributed by atoms with Crippen LogP contribution in [-0.4, -0.2) is 36.1 Å². The lowest BCUT2D eigenvalue weighted by Gasteiger charge is -2.22. The number of rotatable bonds is 10. The fourth-order valence-electron chi connectivity index (χ4n) is 2.99. The third kappa shape index (κ3) is 6.40. The monoisotopic (exact) mass is 424 g/mol. The number of carbonyl (C=O) groups is 1. The molecule has 0 aliphatic carbocycles. The van der Waals surface area contributed by atoms with Crippen molar-refractivity contribution < 1.29 is 14.3 Å². The Morgan fingerprint density at radius 1 is 1.03 bits per heavy atom. The van der Waals surface area contributed by atoms with E-state index < -0.39 is 0 Å². The first-order valence-corrected chi connectivity index (χ1v) is 10.9. The van der Waals surface area contributed by atoms with Crippen LogP contribution in [0.2, 0.25) is 0 Å². The van der Waals surface area contributed by atoms with Gasteiger partial charge in [0.15, 0.2) is 0 Å². The first-order valence-electron chi connectivity index (χ1n) is 10.0. The molecule has 3 rings (SSSR count). The Labute approximate surface area is 182 Å². The second-order valence-corrected chi connectivity index (χ2v) is 8.22. The van der Waals surface area contributed by atoms with Crippen molar-refractivity contribution in [3.63, 3.8) is 0 Å². The van der Waals surface area contributed by atoms with Crippen molar-refractivity contribution in [3.8, 4) is 5.75 Å². The summed E-state index contributed by atoms with van der Waals surface area (Å²) in [5.74, 6) is 0.838. The van der Waals surface area contributed by atoms with Gasteiger partial charge in [-0.2, -0.15) is 0 Å². The molecule has 0 saturated carbocycles. The number of aryl methyl sites for hydroxylation is 2. The minimum atomic E-state index is 0.0107. The summed E-state index contributed by atoms with van der Waals surface area (Å²) in [6.07, 6.45) is 0.779. The van der Waals surface area contributed by atoms with Crippen LogP contribution in [0.15, 0.2) is 53.9 Å². The first-order chi connectivity index (χ1) is 14.5. The van der Waals surface area contributed by atoms with Gasteiger partial charge in [-0.05, 0) is 44.5 Å². The SMILES string of the molecule is COCCCN(Cc1csc(COc2ccc(C)cc2)n1)C(=O)c1ccc(C)cc1. The second-order valence-electron chi connectivity index (χ2n) is 7.27. The number of amides is 1. The maximum absolute atomic E-state index is 13.0. The average molecular weight is 425 g/mol. The van der Waals surface area contributed by atoms with Crippen LogP contribution in [0, 0.1) is 13.8 Å². The van der Waals surface area contributed by atoms with Crippen LogP contribution in [0.25, 0.3) is 0 Å². The van der Waals surface area contributed by atoms with Gasteiger partial charge >= 0.3 is 0 Å². The van der Waals surface area contributed by atoms with E-state index in [1.165, 1.54) is 5.56 Å². The standard InChI is InChI=1S/C24H28N2O3S/c1-18-5-9-20(10-6-18)24(27)26(13-4-14-28-3)15-21-17-30-23(25-21)16-29-22-11-7-19(2)8-12-22/h5-12,17H,4,13-16H2,1-3H3. The average Bonchev–Trinajstić information content (AvgIpc) is 3.20. The van der Waals surface area contributed by atoms with Gasteiger partial charge in [0.2, 0.25) is 0 Å². The summed E-state index contributed by atoms with van der Waals surface area (Å²) in [6, 6.07) is 15.7. The summed E-state index contributed by atoms with van der Waals surface area (Å²) < 4.78 is 11.0. The molecule has 0 N–H and O–H groups in total. The smallest absolute Gasteiger partial charge is 0.254 e. The van der Waals surface area contributed by atoms with Gasteiger partial charge in [0.1, 0.15) is 17.4 Å². The number of carbonyl (C=O) groups excluding carboxylic acids is 1. The lowest BCUT2D eigenvalue weighted by molar-refractivity contribution is 0.0721. The highest BCUT2D eigenvalue weighted by molar-refractivity contribution is 7.09. The Morgan fingerprint density at radius 2 is 1.70 bits per heavy atom. The minimum Gasteiger partial charge on any atom is -0.486 e. The lowest BCUT2D eigenvalue weighted by atomic mass is 10.1. The van der Waals surface area contributed by atoms with E-state index >= 15 is 0 Å². The van der Waals surface area contributed by atoms with Crippen LogP contribution in [-0.2, 0) is 17.9 Å². The summed E-state index contributed by atoms with van der Waals surface area (Å²) in [6.45, 7) is 6.19. The molecule has 1 heterocycles. The molecule has 0 spiro atoms. The maximum atomic E-state index is 13.0. The van der Waals surface area contributed by atoms with Gasteiger partial charge in [-0.15, -0.1) is 11.3 Å². The maximum Gasteiger partial charge on any atom is 0.254 e. The van der Waals surface area contributed by atoms with Gasteiger partial charge in [0.05, 0.1) is 12.2 Å². The van der Waals surface area contributed by atoms with Crippen LogP contribution < -0.4 is 4.74 Å². The Hall–Kier alpha value is -2.70. The number of benzene rings is 2. The molecule has 0 bridgehead atoms. The molecule has 0 unspecified atom stereocenters. The van der Waals surface area contributed by atoms with E-state index in [1.54, 1.807) is 18.4 Å². The van der Waals surface area contributed by atoms with Gasteiger partial charge in [-0.3, -0.25) is 4.79 Å². The van der Waals surface area contributed by atoms with Crippen molar-refractivity contribution >= 4 is 17.2 Å². The summed E-state index contributed by atoms with van der Waals surface area (Å²) >= 11 is 1.55. The Balaban J connectivity index is 1.64. The molecule has 0 aliphatic heterocycles. The molecule has 158 valence electrons. The highest BCUT2D eigenvalue weighted by Crippen LogP contribution is 2.18. The van der Waals surface area contributed by atoms with Crippen LogP contribution >= 0.6 is 11.3 Å². The van der Waals surface area contributed by atoms with E-state index in [4.69, 9.17) is 9.47 Å². The summed E-state index contributed by atoms with van der Waals surface area (Å²) in [5, 5.41) is 2.89. The molecule has 0 atom stereocenters. The molecule has 2 aromatic carbocycles. The number of methoxy groups -OCH3 is 1. The van der Waals surface area contributed by atoms with E-state index in [2.05, 4.69) is 4.98 Å². The molecule has 0 saturated heterocycles. The predicted octanol–water partition coefficient (Wildman–Crippen LogP) is 5.02. The zero-order valence-electron chi connectivity index (χ0n) is 17.8. The summed E-state index contributed by atoms with van der Waals surface area (Å²) in [7, 11) is 1.67. The van der Waals surface area contributed by atoms with Gasteiger partial charge in [-0.1, -0.05) is 35.4 Å². The van der Waals surface area contributed by atoms with Crippen LogP contribution in [0.3, 0.4) is 0 Å². The van der Waals surface area contributed by atoms with Gasteiger partial charge in [0.25, 0.3) is 5.91 Å². The zero-order chi connectivity index (χ0) is 21.3. The van der Waals surface area contributed by atoms with Gasteiger partial charge < -0.3 is 14.4 Å². The van der Waals surface area contributed by atoms with Crippen molar-refractivity contribution in [2.24, 2.45) is 0 Å². The Morgan fingerprint density at radius 3 is 2.37 bits per heavy atom. The molecule has 0 fully saturated rings. The molecule has 0 radical (unpaired) electrons. The Kier molecular flexibility index (Phi) is 7.99. The van der Waals surface area contributed by atoms with Gasteiger partial charge in [0, 0.05) is 31.2 Å². The number of nitrogens with zero attached hydrogens (tertiary/aromatic N) is 2. The fraction of sp³-hybridized carbons (Fsp3) is 0.333. The summed E-state index contributed by atoms with van der Waals surface area (Å²) in [4.78, 5) is 19.5. The third-order valence-corrected chi connectivity index (χ3v) is 5.57. The summed E-state index contributed by atoms with van der Waals surface area (Å²) in [5.41, 5.74) is 3.90. The quantitative estimate of drug-likeness (QED) is 0.429. The van der Waals surface area contributed by atoms with Crippen molar-refractivity contribution in [2.45, 2.75) is 33.4 Å². The fourth-order valence-corrected chi connectivity index (χ4v) is 3.69. The van der Waals surface area contributed by atoms with Gasteiger partial charge in [-0.25, -0.2) is 4.98 Å². The van der Waals surface area contributed by atoms with Crippen molar-refractivity contribution in [1.82, 2.24) is 9.88 Å². The molecule has 1 aromatic heterocycles. The van der Waals surface area contributed by atoms with Crippen molar-refractivity contribution in [1.29, 1.82) is 0 Å². The molecule has 3 aromatic rings. The molecule has 6 heteroatoms. The van der Waals surface area contributed by atoms with E-state index in [0.717, 1.165) is 28.4 Å². The molecular formula is C24H28N2O3S. The third-order valence-electron chi connectivity index (χ3n) is 4.70. The largest absolute Gasteiger partial charge is 0.486 e. The number of thiazole rings is 1. The van der Waals surface area contributed by atoms with E-state index in [1.807, 2.05) is 72.7 Å².